The Labute approximate surface area is 132 Å². The molecule has 3 rings (SSSR count). The number of hydrogen-bond acceptors (Lipinski definition) is 3. The van der Waals surface area contributed by atoms with E-state index in [0.717, 1.165) is 57.3 Å². The van der Waals surface area contributed by atoms with Gasteiger partial charge in [-0.25, -0.2) is 0 Å². The van der Waals surface area contributed by atoms with Gasteiger partial charge in [-0.3, -0.25) is 4.79 Å². The summed E-state index contributed by atoms with van der Waals surface area (Å²) in [5.41, 5.74) is -0.474. The maximum Gasteiger partial charge on any atom is 0.309 e. The summed E-state index contributed by atoms with van der Waals surface area (Å²) in [6.45, 7) is 2.97. The van der Waals surface area contributed by atoms with Crippen molar-refractivity contribution in [3.05, 3.63) is 0 Å². The van der Waals surface area contributed by atoms with Crippen LogP contribution >= 0.6 is 11.8 Å². The quantitative estimate of drug-likeness (QED) is 0.857. The number of carboxylic acid groups (broad SMARTS) is 1. The molecule has 3 nitrogen and oxygen atoms in total. The molecule has 0 aromatic carbocycles. The molecule has 21 heavy (non-hydrogen) atoms. The van der Waals surface area contributed by atoms with Crippen molar-refractivity contribution < 1.29 is 14.6 Å². The van der Waals surface area contributed by atoms with E-state index in [9.17, 15) is 9.90 Å². The van der Waals surface area contributed by atoms with E-state index >= 15 is 0 Å². The van der Waals surface area contributed by atoms with Gasteiger partial charge in [0.2, 0.25) is 0 Å². The van der Waals surface area contributed by atoms with Crippen LogP contribution in [0.1, 0.15) is 58.3 Å². The Kier molecular flexibility index (Phi) is 4.56. The minimum Gasteiger partial charge on any atom is -0.481 e. The minimum absolute atomic E-state index is 0.00477. The Hall–Kier alpha value is -0.220. The number of aliphatic carboxylic acids is 1. The molecule has 3 fully saturated rings. The van der Waals surface area contributed by atoms with Crippen LogP contribution in [0.3, 0.4) is 0 Å². The van der Waals surface area contributed by atoms with Crippen LogP contribution in [0.2, 0.25) is 0 Å². The largest absolute Gasteiger partial charge is 0.481 e. The average Bonchev–Trinajstić information content (AvgIpc) is 2.94. The molecule has 0 aromatic rings. The first kappa shape index (κ1) is 15.7. The molecule has 0 bridgehead atoms. The van der Waals surface area contributed by atoms with Crippen molar-refractivity contribution in [3.63, 3.8) is 0 Å². The maximum absolute atomic E-state index is 12.2. The first-order valence-electron chi connectivity index (χ1n) is 8.55. The van der Waals surface area contributed by atoms with E-state index in [4.69, 9.17) is 4.74 Å². The lowest BCUT2D eigenvalue weighted by molar-refractivity contribution is -0.167. The molecule has 4 unspecified atom stereocenters. The van der Waals surface area contributed by atoms with Gasteiger partial charge in [0, 0.05) is 12.4 Å². The van der Waals surface area contributed by atoms with Gasteiger partial charge < -0.3 is 9.84 Å². The van der Waals surface area contributed by atoms with Gasteiger partial charge >= 0.3 is 5.97 Å². The second-order valence-corrected chi connectivity index (χ2v) is 8.46. The van der Waals surface area contributed by atoms with Gasteiger partial charge in [0.15, 0.2) is 0 Å². The second-order valence-electron chi connectivity index (χ2n) is 7.36. The van der Waals surface area contributed by atoms with Crippen LogP contribution in [0.15, 0.2) is 0 Å². The first-order chi connectivity index (χ1) is 10.1. The summed E-state index contributed by atoms with van der Waals surface area (Å²) < 4.78 is 6.11. The molecule has 1 saturated carbocycles. The fraction of sp³-hybridized carbons (Fsp3) is 0.941. The molecular weight excluding hydrogens is 284 g/mol. The first-order valence-corrected chi connectivity index (χ1v) is 9.71. The van der Waals surface area contributed by atoms with Crippen LogP contribution in [-0.4, -0.2) is 34.8 Å². The summed E-state index contributed by atoms with van der Waals surface area (Å²) in [6, 6.07) is 0. The van der Waals surface area contributed by atoms with Gasteiger partial charge in [0.25, 0.3) is 0 Å². The molecule has 3 aliphatic rings. The summed E-state index contributed by atoms with van der Waals surface area (Å²) in [5.74, 6) is 2.62. The third-order valence-corrected chi connectivity index (χ3v) is 7.46. The van der Waals surface area contributed by atoms with Crippen molar-refractivity contribution in [1.82, 2.24) is 0 Å². The Morgan fingerprint density at radius 3 is 2.86 bits per heavy atom. The number of ether oxygens (including phenoxy) is 1. The zero-order valence-corrected chi connectivity index (χ0v) is 13.9. The average molecular weight is 312 g/mol. The summed E-state index contributed by atoms with van der Waals surface area (Å²) in [4.78, 5) is 12.2. The minimum atomic E-state index is -0.534. The van der Waals surface area contributed by atoms with Gasteiger partial charge in [0.1, 0.15) is 0 Å². The highest BCUT2D eigenvalue weighted by Gasteiger charge is 2.53. The fourth-order valence-electron chi connectivity index (χ4n) is 4.88. The standard InChI is InChI=1S/C17H28O3S/c1-2-13-4-3-6-17(10-13,15(18)19)14-5-8-20-16(11-14)7-9-21-12-16/h13-14H,2-12H2,1H3,(H,18,19). The Balaban J connectivity index is 1.81. The number of hydrogen-bond donors (Lipinski definition) is 1. The molecule has 1 spiro atoms. The smallest absolute Gasteiger partial charge is 0.309 e. The van der Waals surface area contributed by atoms with Gasteiger partial charge in [0.05, 0.1) is 11.0 Å². The van der Waals surface area contributed by atoms with Crippen LogP contribution in [-0.2, 0) is 9.53 Å². The lowest BCUT2D eigenvalue weighted by Crippen LogP contribution is -2.50. The predicted molar refractivity (Wildman–Crippen MR) is 85.7 cm³/mol. The van der Waals surface area contributed by atoms with Crippen LogP contribution in [0.25, 0.3) is 0 Å². The summed E-state index contributed by atoms with van der Waals surface area (Å²) in [6.07, 6.45) is 8.23. The molecule has 120 valence electrons. The second kappa shape index (κ2) is 6.11. The Bertz CT molecular complexity index is 391. The van der Waals surface area contributed by atoms with Crippen LogP contribution < -0.4 is 0 Å². The molecule has 2 aliphatic heterocycles. The van der Waals surface area contributed by atoms with E-state index in [1.54, 1.807) is 0 Å². The van der Waals surface area contributed by atoms with Crippen molar-refractivity contribution >= 4 is 17.7 Å². The van der Waals surface area contributed by atoms with E-state index < -0.39 is 11.4 Å². The van der Waals surface area contributed by atoms with Gasteiger partial charge in [-0.2, -0.15) is 11.8 Å². The van der Waals surface area contributed by atoms with Crippen LogP contribution in [0, 0.1) is 17.3 Å². The van der Waals surface area contributed by atoms with Gasteiger partial charge in [-0.15, -0.1) is 0 Å². The monoisotopic (exact) mass is 312 g/mol. The number of rotatable bonds is 3. The normalized spacial score (nSPS) is 44.0. The Morgan fingerprint density at radius 2 is 2.19 bits per heavy atom. The summed E-state index contributed by atoms with van der Waals surface area (Å²) in [7, 11) is 0. The van der Waals surface area contributed by atoms with Gasteiger partial charge in [-0.05, 0) is 49.7 Å². The topological polar surface area (TPSA) is 46.5 Å². The maximum atomic E-state index is 12.2. The number of carboxylic acids is 1. The third-order valence-electron chi connectivity index (χ3n) is 6.23. The van der Waals surface area contributed by atoms with E-state index in [-0.39, 0.29) is 5.60 Å². The van der Waals surface area contributed by atoms with E-state index in [1.807, 2.05) is 11.8 Å². The molecular formula is C17H28O3S. The molecule has 2 saturated heterocycles. The molecule has 0 amide bonds. The highest BCUT2D eigenvalue weighted by atomic mass is 32.2. The van der Waals surface area contributed by atoms with E-state index in [2.05, 4.69) is 6.92 Å². The zero-order valence-electron chi connectivity index (χ0n) is 13.1. The van der Waals surface area contributed by atoms with Crippen molar-refractivity contribution in [2.45, 2.75) is 63.9 Å². The van der Waals surface area contributed by atoms with Crippen LogP contribution in [0.5, 0.6) is 0 Å². The van der Waals surface area contributed by atoms with Crippen molar-refractivity contribution in [2.75, 3.05) is 18.1 Å². The number of thioether (sulfide) groups is 1. The van der Waals surface area contributed by atoms with E-state index in [0.29, 0.717) is 11.8 Å². The highest BCUT2D eigenvalue weighted by Crippen LogP contribution is 2.53. The SMILES string of the molecule is CCC1CCCC(C(=O)O)(C2CCOC3(CCSC3)C2)C1. The third kappa shape index (κ3) is 2.86. The van der Waals surface area contributed by atoms with Gasteiger partial charge in [-0.1, -0.05) is 26.2 Å². The lowest BCUT2D eigenvalue weighted by atomic mass is 9.59. The molecule has 4 atom stereocenters. The Morgan fingerprint density at radius 1 is 1.33 bits per heavy atom. The zero-order chi connectivity index (χ0) is 14.9. The van der Waals surface area contributed by atoms with Crippen molar-refractivity contribution in [2.24, 2.45) is 17.3 Å². The summed E-state index contributed by atoms with van der Waals surface area (Å²) in [5, 5.41) is 10.0. The molecule has 1 aliphatic carbocycles. The summed E-state index contributed by atoms with van der Waals surface area (Å²) >= 11 is 1.97. The van der Waals surface area contributed by atoms with Crippen LogP contribution in [0.4, 0.5) is 0 Å². The molecule has 4 heteroatoms. The molecule has 2 heterocycles. The van der Waals surface area contributed by atoms with E-state index in [1.165, 1.54) is 12.2 Å². The van der Waals surface area contributed by atoms with Crippen molar-refractivity contribution in [1.29, 1.82) is 0 Å². The molecule has 0 radical (unpaired) electrons. The lowest BCUT2D eigenvalue weighted by Gasteiger charge is -2.48. The molecule has 0 aromatic heterocycles. The highest BCUT2D eigenvalue weighted by molar-refractivity contribution is 7.99. The van der Waals surface area contributed by atoms with Crippen molar-refractivity contribution in [3.8, 4) is 0 Å². The fourth-order valence-corrected chi connectivity index (χ4v) is 6.25. The number of carbonyl (C=O) groups is 1. The predicted octanol–water partition coefficient (Wildman–Crippen LogP) is 3.96. The molecule has 1 N–H and O–H groups in total.